The van der Waals surface area contributed by atoms with Gasteiger partial charge in [-0.05, 0) is 38.1 Å². The van der Waals surface area contributed by atoms with E-state index in [0.29, 0.717) is 12.4 Å². The lowest BCUT2D eigenvalue weighted by atomic mass is 10.1. The van der Waals surface area contributed by atoms with Crippen LogP contribution in [0.1, 0.15) is 31.9 Å². The molecular formula is C21H32N6O. The summed E-state index contributed by atoms with van der Waals surface area (Å²) in [7, 11) is 2.16. The zero-order valence-corrected chi connectivity index (χ0v) is 17.2. The van der Waals surface area contributed by atoms with Crippen LogP contribution in [-0.4, -0.2) is 71.9 Å². The number of hydrogen-bond acceptors (Lipinski definition) is 4. The Morgan fingerprint density at radius 1 is 1.14 bits per heavy atom. The van der Waals surface area contributed by atoms with Crippen LogP contribution in [0.4, 0.5) is 10.6 Å². The number of piperazine rings is 1. The Labute approximate surface area is 167 Å². The highest BCUT2D eigenvalue weighted by atomic mass is 16.2. The van der Waals surface area contributed by atoms with Gasteiger partial charge < -0.3 is 15.1 Å². The van der Waals surface area contributed by atoms with Crippen LogP contribution in [0.2, 0.25) is 0 Å². The largest absolute Gasteiger partial charge is 0.338 e. The number of nitrogens with zero attached hydrogens (tertiary/aromatic N) is 4. The van der Waals surface area contributed by atoms with Gasteiger partial charge in [0.2, 0.25) is 0 Å². The summed E-state index contributed by atoms with van der Waals surface area (Å²) in [5, 5.41) is 10.6. The van der Waals surface area contributed by atoms with E-state index in [0.717, 1.165) is 50.5 Å². The molecule has 0 unspecified atom stereocenters. The van der Waals surface area contributed by atoms with Crippen LogP contribution in [0.25, 0.3) is 5.69 Å². The summed E-state index contributed by atoms with van der Waals surface area (Å²) in [6.45, 7) is 10.3. The van der Waals surface area contributed by atoms with Gasteiger partial charge in [-0.15, -0.1) is 0 Å². The van der Waals surface area contributed by atoms with E-state index in [1.807, 2.05) is 36.4 Å². The fraction of sp³-hybridized carbons (Fsp3) is 0.524. The second-order valence-corrected chi connectivity index (χ2v) is 7.74. The molecule has 0 aliphatic carbocycles. The first-order chi connectivity index (χ1) is 13.5. The zero-order valence-electron chi connectivity index (χ0n) is 17.2. The Bertz CT molecular complexity index is 750. The summed E-state index contributed by atoms with van der Waals surface area (Å²) in [6.07, 6.45) is 0.951. The highest BCUT2D eigenvalue weighted by molar-refractivity contribution is 5.88. The molecule has 7 heteroatoms. The molecule has 28 heavy (non-hydrogen) atoms. The molecular weight excluding hydrogens is 352 g/mol. The van der Waals surface area contributed by atoms with Crippen molar-refractivity contribution < 1.29 is 4.79 Å². The standard InChI is InChI=1S/C21H32N6O/c1-17(2)19-16-20(27(24-19)18-8-5-4-6-9-18)23-21(28)22-10-7-11-26-14-12-25(3)13-15-26/h4-6,8-9,16-17H,7,10-15H2,1-3H3,(H2,22,23,28). The van der Waals surface area contributed by atoms with Gasteiger partial charge in [0.25, 0.3) is 0 Å². The van der Waals surface area contributed by atoms with Crippen LogP contribution < -0.4 is 10.6 Å². The van der Waals surface area contributed by atoms with E-state index in [4.69, 9.17) is 0 Å². The summed E-state index contributed by atoms with van der Waals surface area (Å²) in [6, 6.07) is 11.6. The molecule has 2 aromatic rings. The minimum atomic E-state index is -0.189. The minimum Gasteiger partial charge on any atom is -0.338 e. The summed E-state index contributed by atoms with van der Waals surface area (Å²) < 4.78 is 1.79. The zero-order chi connectivity index (χ0) is 19.9. The van der Waals surface area contributed by atoms with Crippen LogP contribution in [0.15, 0.2) is 36.4 Å². The summed E-state index contributed by atoms with van der Waals surface area (Å²) in [4.78, 5) is 17.2. The minimum absolute atomic E-state index is 0.189. The number of hydrogen-bond donors (Lipinski definition) is 2. The fourth-order valence-corrected chi connectivity index (χ4v) is 3.27. The number of benzene rings is 1. The molecule has 2 amide bonds. The van der Waals surface area contributed by atoms with Crippen molar-refractivity contribution in [1.29, 1.82) is 0 Å². The molecule has 7 nitrogen and oxygen atoms in total. The molecule has 1 aliphatic heterocycles. The van der Waals surface area contributed by atoms with E-state index >= 15 is 0 Å². The molecule has 0 bridgehead atoms. The molecule has 1 aromatic heterocycles. The highest BCUT2D eigenvalue weighted by Gasteiger charge is 2.15. The van der Waals surface area contributed by atoms with Crippen LogP contribution >= 0.6 is 0 Å². The predicted molar refractivity (Wildman–Crippen MR) is 113 cm³/mol. The van der Waals surface area contributed by atoms with E-state index in [2.05, 4.69) is 46.4 Å². The molecule has 0 radical (unpaired) electrons. The number of carbonyl (C=O) groups is 1. The molecule has 152 valence electrons. The molecule has 2 N–H and O–H groups in total. The van der Waals surface area contributed by atoms with Crippen molar-refractivity contribution in [2.45, 2.75) is 26.2 Å². The van der Waals surface area contributed by atoms with Gasteiger partial charge in [-0.1, -0.05) is 32.0 Å². The van der Waals surface area contributed by atoms with Crippen LogP contribution in [0.5, 0.6) is 0 Å². The van der Waals surface area contributed by atoms with Crippen molar-refractivity contribution in [3.8, 4) is 5.69 Å². The van der Waals surface area contributed by atoms with Gasteiger partial charge in [-0.2, -0.15) is 5.10 Å². The Kier molecular flexibility index (Phi) is 7.06. The molecule has 0 spiro atoms. The molecule has 1 aromatic carbocycles. The highest BCUT2D eigenvalue weighted by Crippen LogP contribution is 2.21. The smallest absolute Gasteiger partial charge is 0.320 e. The summed E-state index contributed by atoms with van der Waals surface area (Å²) in [5.74, 6) is 0.976. The number of rotatable bonds is 7. The quantitative estimate of drug-likeness (QED) is 0.721. The lowest BCUT2D eigenvalue weighted by molar-refractivity contribution is 0.153. The Morgan fingerprint density at radius 3 is 2.54 bits per heavy atom. The van der Waals surface area contributed by atoms with E-state index in [-0.39, 0.29) is 11.9 Å². The van der Waals surface area contributed by atoms with Crippen molar-refractivity contribution in [2.75, 3.05) is 51.6 Å². The lowest BCUT2D eigenvalue weighted by Gasteiger charge is -2.32. The van der Waals surface area contributed by atoms with Crippen molar-refractivity contribution in [3.63, 3.8) is 0 Å². The fourth-order valence-electron chi connectivity index (χ4n) is 3.27. The lowest BCUT2D eigenvalue weighted by Crippen LogP contribution is -2.45. The Morgan fingerprint density at radius 2 is 1.86 bits per heavy atom. The predicted octanol–water partition coefficient (Wildman–Crippen LogP) is 2.75. The van der Waals surface area contributed by atoms with Gasteiger partial charge in [0.15, 0.2) is 0 Å². The molecule has 2 heterocycles. The Balaban J connectivity index is 1.52. The summed E-state index contributed by atoms with van der Waals surface area (Å²) >= 11 is 0. The van der Waals surface area contributed by atoms with Crippen molar-refractivity contribution in [3.05, 3.63) is 42.1 Å². The van der Waals surface area contributed by atoms with Gasteiger partial charge in [0, 0.05) is 38.8 Å². The van der Waals surface area contributed by atoms with E-state index < -0.39 is 0 Å². The topological polar surface area (TPSA) is 65.4 Å². The van der Waals surface area contributed by atoms with Crippen molar-refractivity contribution in [1.82, 2.24) is 24.9 Å². The molecule has 1 saturated heterocycles. The number of amides is 2. The molecule has 0 atom stereocenters. The third kappa shape index (κ3) is 5.56. The monoisotopic (exact) mass is 384 g/mol. The first-order valence-corrected chi connectivity index (χ1v) is 10.1. The van der Waals surface area contributed by atoms with Crippen LogP contribution in [0.3, 0.4) is 0 Å². The van der Waals surface area contributed by atoms with E-state index in [9.17, 15) is 4.79 Å². The van der Waals surface area contributed by atoms with Gasteiger partial charge in [0.05, 0.1) is 11.4 Å². The van der Waals surface area contributed by atoms with Gasteiger partial charge in [-0.3, -0.25) is 5.32 Å². The maximum absolute atomic E-state index is 12.4. The second kappa shape index (κ2) is 9.71. The number of carbonyl (C=O) groups excluding carboxylic acids is 1. The van der Waals surface area contributed by atoms with E-state index in [1.54, 1.807) is 4.68 Å². The van der Waals surface area contributed by atoms with Gasteiger partial charge >= 0.3 is 6.03 Å². The average molecular weight is 385 g/mol. The maximum atomic E-state index is 12.4. The van der Waals surface area contributed by atoms with Crippen molar-refractivity contribution in [2.24, 2.45) is 0 Å². The maximum Gasteiger partial charge on any atom is 0.320 e. The number of para-hydroxylation sites is 1. The van der Waals surface area contributed by atoms with E-state index in [1.165, 1.54) is 0 Å². The Hall–Kier alpha value is -2.38. The first-order valence-electron chi connectivity index (χ1n) is 10.1. The average Bonchev–Trinajstić information content (AvgIpc) is 3.11. The van der Waals surface area contributed by atoms with Gasteiger partial charge in [-0.25, -0.2) is 9.48 Å². The first kappa shape index (κ1) is 20.4. The second-order valence-electron chi connectivity index (χ2n) is 7.74. The third-order valence-electron chi connectivity index (χ3n) is 5.09. The number of anilines is 1. The number of likely N-dealkylation sites (N-methyl/N-ethyl adjacent to an activating group) is 1. The van der Waals surface area contributed by atoms with Crippen LogP contribution in [-0.2, 0) is 0 Å². The molecule has 3 rings (SSSR count). The van der Waals surface area contributed by atoms with Gasteiger partial charge in [0.1, 0.15) is 5.82 Å². The third-order valence-corrected chi connectivity index (χ3v) is 5.09. The number of aromatic nitrogens is 2. The SMILES string of the molecule is CC(C)c1cc(NC(=O)NCCCN2CCN(C)CC2)n(-c2ccccc2)n1. The molecule has 1 aliphatic rings. The normalized spacial score (nSPS) is 15.7. The summed E-state index contributed by atoms with van der Waals surface area (Å²) in [5.41, 5.74) is 1.88. The molecule has 1 fully saturated rings. The number of nitrogens with one attached hydrogen (secondary N) is 2. The van der Waals surface area contributed by atoms with Crippen LogP contribution in [0, 0.1) is 0 Å². The van der Waals surface area contributed by atoms with Crippen molar-refractivity contribution >= 4 is 11.8 Å². The number of urea groups is 1. The molecule has 0 saturated carbocycles.